The van der Waals surface area contributed by atoms with Crippen LogP contribution in [0, 0.1) is 6.54 Å². The number of ether oxygens (including phenoxy) is 2. The molecule has 1 aliphatic rings. The molecule has 1 amide bonds. The first kappa shape index (κ1) is 20.4. The van der Waals surface area contributed by atoms with Gasteiger partial charge in [0.2, 0.25) is 10.0 Å². The molecule has 30 heavy (non-hydrogen) atoms. The van der Waals surface area contributed by atoms with Crippen LogP contribution in [0.3, 0.4) is 0 Å². The Bertz CT molecular complexity index is 1130. The smallest absolute Gasteiger partial charge is 0.412 e. The molecule has 0 spiro atoms. The van der Waals surface area contributed by atoms with E-state index in [4.69, 9.17) is 9.47 Å². The van der Waals surface area contributed by atoms with Crippen molar-refractivity contribution in [2.45, 2.75) is 11.0 Å². The van der Waals surface area contributed by atoms with Crippen LogP contribution in [0.1, 0.15) is 16.5 Å². The number of carbonyl (C=O) groups is 1. The van der Waals surface area contributed by atoms with E-state index in [1.54, 1.807) is 42.5 Å². The van der Waals surface area contributed by atoms with E-state index in [1.807, 2.05) is 11.4 Å². The van der Waals surface area contributed by atoms with Gasteiger partial charge in [0.1, 0.15) is 12.3 Å². The number of amides is 1. The number of thiophene rings is 1. The summed E-state index contributed by atoms with van der Waals surface area (Å²) in [7, 11) is -2.37. The summed E-state index contributed by atoms with van der Waals surface area (Å²) in [5.74, 6) is 0.555. The molecule has 0 saturated heterocycles. The Hall–Kier alpha value is -2.88. The molecule has 0 bridgehead atoms. The summed E-state index contributed by atoms with van der Waals surface area (Å²) < 4.78 is 38.0. The highest BCUT2D eigenvalue weighted by Gasteiger charge is 2.37. The maximum atomic E-state index is 13.1. The minimum atomic E-state index is -3.88. The van der Waals surface area contributed by atoms with E-state index < -0.39 is 22.2 Å². The number of sulfonamides is 1. The Kier molecular flexibility index (Phi) is 5.76. The van der Waals surface area contributed by atoms with Crippen molar-refractivity contribution >= 4 is 33.1 Å². The van der Waals surface area contributed by atoms with Gasteiger partial charge < -0.3 is 9.47 Å². The van der Waals surface area contributed by atoms with Crippen LogP contribution >= 0.6 is 11.3 Å². The number of benzene rings is 2. The molecule has 2 heterocycles. The number of nitrogens with zero attached hydrogens (tertiary/aromatic N) is 1. The van der Waals surface area contributed by atoms with Crippen LogP contribution in [0.4, 0.5) is 10.5 Å². The predicted octanol–water partition coefficient (Wildman–Crippen LogP) is 4.14. The lowest BCUT2D eigenvalue weighted by Gasteiger charge is -2.30. The lowest BCUT2D eigenvalue weighted by molar-refractivity contribution is 0.0986. The highest BCUT2D eigenvalue weighted by Crippen LogP contribution is 2.37. The first-order chi connectivity index (χ1) is 14.5. The van der Waals surface area contributed by atoms with Crippen LogP contribution in [0.5, 0.6) is 5.75 Å². The Morgan fingerprint density at radius 3 is 2.57 bits per heavy atom. The predicted molar refractivity (Wildman–Crippen MR) is 113 cm³/mol. The number of para-hydroxylation sites is 1. The third-order valence-electron chi connectivity index (χ3n) is 4.48. The summed E-state index contributed by atoms with van der Waals surface area (Å²) in [6, 6.07) is 16.7. The average Bonchev–Trinajstić information content (AvgIpc) is 3.23. The number of hydrogen-bond acceptors (Lipinski definition) is 6. The van der Waals surface area contributed by atoms with Gasteiger partial charge in [-0.25, -0.2) is 13.2 Å². The molecule has 9 heteroatoms. The zero-order valence-corrected chi connectivity index (χ0v) is 17.6. The summed E-state index contributed by atoms with van der Waals surface area (Å²) in [5.41, 5.74) is 1.17. The maximum absolute atomic E-state index is 13.1. The molecule has 0 saturated carbocycles. The third-order valence-corrected chi connectivity index (χ3v) is 7.18. The number of hydrogen-bond donors (Lipinski definition) is 1. The van der Waals surface area contributed by atoms with Crippen molar-refractivity contribution in [3.63, 3.8) is 0 Å². The SMILES string of the molecule is COc1ccc(S(=O)(=O)N2[C]c3ccsc3C(OC(=O)Nc3ccccc3)C2)cc1. The van der Waals surface area contributed by atoms with Crippen molar-refractivity contribution in [2.24, 2.45) is 0 Å². The summed E-state index contributed by atoms with van der Waals surface area (Å²) >= 11 is 1.39. The number of fused-ring (bicyclic) bond motifs is 1. The van der Waals surface area contributed by atoms with Crippen LogP contribution in [0.2, 0.25) is 0 Å². The highest BCUT2D eigenvalue weighted by atomic mass is 32.2. The zero-order chi connectivity index (χ0) is 21.1. The van der Waals surface area contributed by atoms with Crippen LogP contribution in [0.15, 0.2) is 70.9 Å². The molecule has 3 aromatic rings. The molecule has 1 unspecified atom stereocenters. The standard InChI is InChI=1S/C21H18N2O5S2/c1-27-17-7-9-18(10-8-17)30(25,26)23-13-15-11-12-29-20(15)19(14-23)28-21(24)22-16-5-3-2-4-6-16/h2-12,19H,14H2,1H3,(H,22,24). The van der Waals surface area contributed by atoms with Gasteiger partial charge in [0.25, 0.3) is 0 Å². The van der Waals surface area contributed by atoms with Crippen LogP contribution in [-0.4, -0.2) is 32.5 Å². The third kappa shape index (κ3) is 4.18. The van der Waals surface area contributed by atoms with Crippen molar-refractivity contribution in [3.8, 4) is 5.75 Å². The first-order valence-corrected chi connectivity index (χ1v) is 11.3. The molecule has 2 aromatic carbocycles. The second kappa shape index (κ2) is 8.47. The van der Waals surface area contributed by atoms with Crippen molar-refractivity contribution in [3.05, 3.63) is 83.0 Å². The Morgan fingerprint density at radius 2 is 1.87 bits per heavy atom. The molecule has 7 nitrogen and oxygen atoms in total. The maximum Gasteiger partial charge on any atom is 0.412 e. The van der Waals surface area contributed by atoms with Crippen LogP contribution in [0.25, 0.3) is 0 Å². The van der Waals surface area contributed by atoms with Gasteiger partial charge in [-0.15, -0.1) is 11.3 Å². The molecular weight excluding hydrogens is 424 g/mol. The normalized spacial score (nSPS) is 16.5. The average molecular weight is 443 g/mol. The Labute approximate surface area is 178 Å². The largest absolute Gasteiger partial charge is 0.497 e. The number of anilines is 1. The van der Waals surface area contributed by atoms with Gasteiger partial charge in [-0.05, 0) is 53.4 Å². The molecule has 1 aliphatic heterocycles. The zero-order valence-electron chi connectivity index (χ0n) is 15.9. The van der Waals surface area contributed by atoms with E-state index in [9.17, 15) is 13.2 Å². The van der Waals surface area contributed by atoms with Crippen LogP contribution < -0.4 is 10.1 Å². The van der Waals surface area contributed by atoms with Gasteiger partial charge in [-0.1, -0.05) is 18.2 Å². The number of rotatable bonds is 5. The van der Waals surface area contributed by atoms with Gasteiger partial charge in [-0.2, -0.15) is 4.31 Å². The molecule has 4 rings (SSSR count). The van der Waals surface area contributed by atoms with Crippen molar-refractivity contribution in [1.82, 2.24) is 4.31 Å². The fourth-order valence-corrected chi connectivity index (χ4v) is 5.15. The first-order valence-electron chi connectivity index (χ1n) is 9.01. The van der Waals surface area contributed by atoms with E-state index in [0.29, 0.717) is 17.0 Å². The van der Waals surface area contributed by atoms with Gasteiger partial charge in [0.15, 0.2) is 6.10 Å². The molecule has 1 N–H and O–H groups in total. The Morgan fingerprint density at radius 1 is 1.13 bits per heavy atom. The lowest BCUT2D eigenvalue weighted by atomic mass is 10.1. The summed E-state index contributed by atoms with van der Waals surface area (Å²) in [4.78, 5) is 13.2. The van der Waals surface area contributed by atoms with Crippen molar-refractivity contribution in [2.75, 3.05) is 19.0 Å². The molecule has 0 aliphatic carbocycles. The topological polar surface area (TPSA) is 84.9 Å². The summed E-state index contributed by atoms with van der Waals surface area (Å²) in [5, 5.41) is 4.46. The van der Waals surface area contributed by atoms with E-state index in [-0.39, 0.29) is 11.4 Å². The minimum absolute atomic E-state index is 0.0654. The summed E-state index contributed by atoms with van der Waals surface area (Å²) in [6.45, 7) is 2.84. The number of methoxy groups -OCH3 is 1. The quantitative estimate of drug-likeness (QED) is 0.642. The highest BCUT2D eigenvalue weighted by molar-refractivity contribution is 7.89. The van der Waals surface area contributed by atoms with E-state index in [0.717, 1.165) is 9.18 Å². The number of carbonyl (C=O) groups excluding carboxylic acids is 1. The van der Waals surface area contributed by atoms with Gasteiger partial charge >= 0.3 is 6.09 Å². The molecule has 154 valence electrons. The van der Waals surface area contributed by atoms with Crippen molar-refractivity contribution < 1.29 is 22.7 Å². The second-order valence-corrected chi connectivity index (χ2v) is 9.22. The molecule has 1 atom stereocenters. The lowest BCUT2D eigenvalue weighted by Crippen LogP contribution is -2.38. The van der Waals surface area contributed by atoms with E-state index >= 15 is 0 Å². The second-order valence-electron chi connectivity index (χ2n) is 6.41. The molecule has 2 radical (unpaired) electrons. The molecule has 0 fully saturated rings. The van der Waals surface area contributed by atoms with Gasteiger partial charge in [-0.3, -0.25) is 5.32 Å². The molecule has 1 aromatic heterocycles. The fourth-order valence-electron chi connectivity index (χ4n) is 3.00. The minimum Gasteiger partial charge on any atom is -0.497 e. The Balaban J connectivity index is 1.55. The monoisotopic (exact) mass is 442 g/mol. The van der Waals surface area contributed by atoms with E-state index in [1.165, 1.54) is 30.6 Å². The fraction of sp³-hybridized carbons (Fsp3) is 0.143. The summed E-state index contributed by atoms with van der Waals surface area (Å²) in [6.07, 6.45) is -1.41. The van der Waals surface area contributed by atoms with E-state index in [2.05, 4.69) is 11.9 Å². The number of nitrogens with one attached hydrogen (secondary N) is 1. The van der Waals surface area contributed by atoms with Crippen molar-refractivity contribution in [1.29, 1.82) is 0 Å². The molecular formula is C21H18N2O5S2. The van der Waals surface area contributed by atoms with Crippen LogP contribution in [-0.2, 0) is 14.8 Å². The van der Waals surface area contributed by atoms with Gasteiger partial charge in [0, 0.05) is 5.69 Å². The van der Waals surface area contributed by atoms with Gasteiger partial charge in [0.05, 0.1) is 23.4 Å².